The van der Waals surface area contributed by atoms with Crippen molar-refractivity contribution < 1.29 is 14.3 Å². The molecular formula is C13H16FNO2S. The molecule has 3 nitrogen and oxygen atoms in total. The zero-order valence-electron chi connectivity index (χ0n) is 9.99. The number of rotatable bonds is 6. The summed E-state index contributed by atoms with van der Waals surface area (Å²) in [6, 6.07) is 6.33. The van der Waals surface area contributed by atoms with Crippen LogP contribution in [0, 0.1) is 5.82 Å². The quantitative estimate of drug-likeness (QED) is 0.615. The average Bonchev–Trinajstić information content (AvgIpc) is 2.29. The van der Waals surface area contributed by atoms with E-state index in [2.05, 4.69) is 5.32 Å². The lowest BCUT2D eigenvalue weighted by Gasteiger charge is -2.38. The second-order valence-corrected chi connectivity index (χ2v) is 5.64. The molecule has 0 radical (unpaired) electrons. The summed E-state index contributed by atoms with van der Waals surface area (Å²) in [5.41, 5.74) is -0.691. The van der Waals surface area contributed by atoms with Crippen molar-refractivity contribution in [2.24, 2.45) is 0 Å². The standard InChI is InChI=1S/C13H16FNO2S/c14-10-2-4-11(5-3-10)18-9-8-15-13(12(16)17)6-1-7-13/h2-5,15H,1,6-9H2,(H,16,17). The van der Waals surface area contributed by atoms with Crippen molar-refractivity contribution in [3.05, 3.63) is 30.1 Å². The van der Waals surface area contributed by atoms with Gasteiger partial charge in [-0.3, -0.25) is 4.79 Å². The average molecular weight is 269 g/mol. The molecule has 0 heterocycles. The van der Waals surface area contributed by atoms with Gasteiger partial charge in [0, 0.05) is 17.2 Å². The van der Waals surface area contributed by atoms with Crippen molar-refractivity contribution in [3.8, 4) is 0 Å². The number of hydrogen-bond donors (Lipinski definition) is 2. The van der Waals surface area contributed by atoms with Gasteiger partial charge in [0.1, 0.15) is 11.4 Å². The number of nitrogens with one attached hydrogen (secondary N) is 1. The summed E-state index contributed by atoms with van der Waals surface area (Å²) in [5, 5.41) is 12.2. The summed E-state index contributed by atoms with van der Waals surface area (Å²) >= 11 is 1.59. The van der Waals surface area contributed by atoms with Crippen LogP contribution in [0.4, 0.5) is 4.39 Å². The van der Waals surface area contributed by atoms with Crippen molar-refractivity contribution in [2.75, 3.05) is 12.3 Å². The van der Waals surface area contributed by atoms with E-state index in [0.29, 0.717) is 19.4 Å². The highest BCUT2D eigenvalue weighted by Gasteiger charge is 2.43. The minimum absolute atomic E-state index is 0.239. The summed E-state index contributed by atoms with van der Waals surface area (Å²) < 4.78 is 12.7. The molecule has 1 aromatic carbocycles. The van der Waals surface area contributed by atoms with Crippen LogP contribution >= 0.6 is 11.8 Å². The fraction of sp³-hybridized carbons (Fsp3) is 0.462. The third-order valence-corrected chi connectivity index (χ3v) is 4.28. The largest absolute Gasteiger partial charge is 0.480 e. The molecule has 0 amide bonds. The molecule has 0 unspecified atom stereocenters. The number of hydrogen-bond acceptors (Lipinski definition) is 3. The topological polar surface area (TPSA) is 49.3 Å². The number of aliphatic carboxylic acids is 1. The van der Waals surface area contributed by atoms with E-state index in [1.807, 2.05) is 0 Å². The van der Waals surface area contributed by atoms with Crippen LogP contribution in [-0.2, 0) is 4.79 Å². The molecule has 98 valence electrons. The van der Waals surface area contributed by atoms with Crippen LogP contribution in [0.3, 0.4) is 0 Å². The zero-order chi connectivity index (χ0) is 13.0. The smallest absolute Gasteiger partial charge is 0.323 e. The SMILES string of the molecule is O=C(O)C1(NCCSc2ccc(F)cc2)CCC1. The molecule has 18 heavy (non-hydrogen) atoms. The fourth-order valence-corrected chi connectivity index (χ4v) is 2.75. The lowest BCUT2D eigenvalue weighted by Crippen LogP contribution is -2.57. The van der Waals surface area contributed by atoms with Crippen LogP contribution in [0.5, 0.6) is 0 Å². The Bertz CT molecular complexity index is 418. The number of carbonyl (C=O) groups is 1. The highest BCUT2D eigenvalue weighted by Crippen LogP contribution is 2.32. The van der Waals surface area contributed by atoms with Crippen LogP contribution in [0.1, 0.15) is 19.3 Å². The number of halogens is 1. The maximum absolute atomic E-state index is 12.7. The molecule has 1 aromatic rings. The minimum Gasteiger partial charge on any atom is -0.480 e. The number of benzene rings is 1. The molecule has 1 aliphatic carbocycles. The van der Waals surface area contributed by atoms with Crippen LogP contribution in [0.2, 0.25) is 0 Å². The molecular weight excluding hydrogens is 253 g/mol. The Morgan fingerprint density at radius 1 is 1.39 bits per heavy atom. The summed E-state index contributed by atoms with van der Waals surface area (Å²) in [5.74, 6) is -0.210. The molecule has 0 aliphatic heterocycles. The Balaban J connectivity index is 1.73. The van der Waals surface area contributed by atoms with Gasteiger partial charge in [-0.1, -0.05) is 0 Å². The Kier molecular flexibility index (Phi) is 4.24. The third-order valence-electron chi connectivity index (χ3n) is 3.26. The Morgan fingerprint density at radius 3 is 2.56 bits per heavy atom. The van der Waals surface area contributed by atoms with E-state index < -0.39 is 11.5 Å². The van der Waals surface area contributed by atoms with Gasteiger partial charge in [0.2, 0.25) is 0 Å². The van der Waals surface area contributed by atoms with E-state index in [-0.39, 0.29) is 5.82 Å². The van der Waals surface area contributed by atoms with Gasteiger partial charge in [0.15, 0.2) is 0 Å². The van der Waals surface area contributed by atoms with E-state index in [0.717, 1.165) is 17.1 Å². The first-order valence-electron chi connectivity index (χ1n) is 5.99. The normalized spacial score (nSPS) is 17.2. The number of thioether (sulfide) groups is 1. The number of carboxylic acids is 1. The maximum atomic E-state index is 12.7. The van der Waals surface area contributed by atoms with Crippen LogP contribution in [0.25, 0.3) is 0 Å². The highest BCUT2D eigenvalue weighted by atomic mass is 32.2. The van der Waals surface area contributed by atoms with Crippen molar-refractivity contribution in [1.82, 2.24) is 5.32 Å². The number of carboxylic acid groups (broad SMARTS) is 1. The molecule has 2 N–H and O–H groups in total. The molecule has 0 bridgehead atoms. The fourth-order valence-electron chi connectivity index (χ4n) is 1.99. The van der Waals surface area contributed by atoms with Gasteiger partial charge in [-0.05, 0) is 43.5 Å². The maximum Gasteiger partial charge on any atom is 0.323 e. The van der Waals surface area contributed by atoms with Crippen molar-refractivity contribution in [3.63, 3.8) is 0 Å². The van der Waals surface area contributed by atoms with Gasteiger partial charge in [-0.2, -0.15) is 0 Å². The zero-order valence-corrected chi connectivity index (χ0v) is 10.8. The van der Waals surface area contributed by atoms with Crippen LogP contribution in [-0.4, -0.2) is 28.9 Å². The Hall–Kier alpha value is -1.07. The van der Waals surface area contributed by atoms with Crippen molar-refractivity contribution >= 4 is 17.7 Å². The first-order chi connectivity index (χ1) is 8.62. The second kappa shape index (κ2) is 5.71. The molecule has 0 atom stereocenters. The molecule has 1 fully saturated rings. The predicted molar refractivity (Wildman–Crippen MR) is 69.3 cm³/mol. The first-order valence-corrected chi connectivity index (χ1v) is 6.98. The molecule has 1 aliphatic rings. The van der Waals surface area contributed by atoms with Gasteiger partial charge >= 0.3 is 5.97 Å². The van der Waals surface area contributed by atoms with Gasteiger partial charge < -0.3 is 10.4 Å². The summed E-state index contributed by atoms with van der Waals surface area (Å²) in [4.78, 5) is 12.1. The van der Waals surface area contributed by atoms with E-state index in [9.17, 15) is 9.18 Å². The highest BCUT2D eigenvalue weighted by molar-refractivity contribution is 7.99. The lowest BCUT2D eigenvalue weighted by molar-refractivity contribution is -0.148. The van der Waals surface area contributed by atoms with Gasteiger partial charge in [0.25, 0.3) is 0 Å². The molecule has 0 aromatic heterocycles. The second-order valence-electron chi connectivity index (χ2n) is 4.47. The summed E-state index contributed by atoms with van der Waals surface area (Å²) in [6.45, 7) is 0.647. The molecule has 2 rings (SSSR count). The third kappa shape index (κ3) is 3.03. The van der Waals surface area contributed by atoms with Crippen molar-refractivity contribution in [2.45, 2.75) is 29.7 Å². The first kappa shape index (κ1) is 13.4. The Labute approximate surface area is 110 Å². The lowest BCUT2D eigenvalue weighted by atomic mass is 9.77. The molecule has 0 spiro atoms. The monoisotopic (exact) mass is 269 g/mol. The van der Waals surface area contributed by atoms with E-state index in [1.165, 1.54) is 12.1 Å². The molecule has 5 heteroatoms. The Morgan fingerprint density at radius 2 is 2.06 bits per heavy atom. The van der Waals surface area contributed by atoms with Crippen molar-refractivity contribution in [1.29, 1.82) is 0 Å². The predicted octanol–water partition coefficient (Wildman–Crippen LogP) is 2.51. The summed E-state index contributed by atoms with van der Waals surface area (Å²) in [6.07, 6.45) is 2.40. The van der Waals surface area contributed by atoms with E-state index in [4.69, 9.17) is 5.11 Å². The van der Waals surface area contributed by atoms with E-state index >= 15 is 0 Å². The molecule has 1 saturated carbocycles. The van der Waals surface area contributed by atoms with Crippen LogP contribution in [0.15, 0.2) is 29.2 Å². The van der Waals surface area contributed by atoms with Crippen LogP contribution < -0.4 is 5.32 Å². The summed E-state index contributed by atoms with van der Waals surface area (Å²) in [7, 11) is 0. The minimum atomic E-state index is -0.750. The molecule has 0 saturated heterocycles. The van der Waals surface area contributed by atoms with E-state index in [1.54, 1.807) is 23.9 Å². The van der Waals surface area contributed by atoms with Gasteiger partial charge in [-0.15, -0.1) is 11.8 Å². The van der Waals surface area contributed by atoms with Gasteiger partial charge in [0.05, 0.1) is 0 Å². The van der Waals surface area contributed by atoms with Gasteiger partial charge in [-0.25, -0.2) is 4.39 Å².